The van der Waals surface area contributed by atoms with Gasteiger partial charge in [-0.1, -0.05) is 37.3 Å². The second-order valence-corrected chi connectivity index (χ2v) is 5.88. The summed E-state index contributed by atoms with van der Waals surface area (Å²) in [6.07, 6.45) is 4.11. The summed E-state index contributed by atoms with van der Waals surface area (Å²) in [5.74, 6) is 0.352. The predicted molar refractivity (Wildman–Crippen MR) is 84.3 cm³/mol. The number of benzene rings is 1. The van der Waals surface area contributed by atoms with Crippen LogP contribution in [0, 0.1) is 0 Å². The first kappa shape index (κ1) is 15.8. The highest BCUT2D eigenvalue weighted by Gasteiger charge is 2.21. The zero-order valence-corrected chi connectivity index (χ0v) is 12.7. The van der Waals surface area contributed by atoms with Gasteiger partial charge in [-0.15, -0.1) is 0 Å². The van der Waals surface area contributed by atoms with Crippen molar-refractivity contribution in [1.82, 2.24) is 10.6 Å². The van der Waals surface area contributed by atoms with E-state index < -0.39 is 0 Å². The van der Waals surface area contributed by atoms with Gasteiger partial charge < -0.3 is 15.7 Å². The molecule has 1 atom stereocenters. The Balaban J connectivity index is 1.75. The van der Waals surface area contributed by atoms with Crippen molar-refractivity contribution in [1.29, 1.82) is 0 Å². The van der Waals surface area contributed by atoms with Crippen LogP contribution >= 0.6 is 0 Å². The lowest BCUT2D eigenvalue weighted by molar-refractivity contribution is 0.117. The van der Waals surface area contributed by atoms with Crippen LogP contribution in [0.15, 0.2) is 30.3 Å². The van der Waals surface area contributed by atoms with Crippen LogP contribution in [0.4, 0.5) is 4.79 Å². The Labute approximate surface area is 126 Å². The van der Waals surface area contributed by atoms with Crippen molar-refractivity contribution in [2.75, 3.05) is 6.54 Å². The van der Waals surface area contributed by atoms with Crippen LogP contribution in [-0.2, 0) is 0 Å². The minimum atomic E-state index is -0.186. The van der Waals surface area contributed by atoms with Crippen molar-refractivity contribution in [2.45, 2.75) is 57.1 Å². The van der Waals surface area contributed by atoms with E-state index in [2.05, 4.69) is 29.7 Å². The molecule has 21 heavy (non-hydrogen) atoms. The molecule has 1 aromatic carbocycles. The molecule has 0 heterocycles. The fraction of sp³-hybridized carbons (Fsp3) is 0.588. The number of carbonyl (C=O) groups is 1. The standard InChI is InChI=1S/C17H26N2O2/c1-2-13(14-6-4-3-5-7-14)12-18-17(21)19-15-8-10-16(20)11-9-15/h3-7,13,15-16,20H,2,8-12H2,1H3,(H2,18,19,21). The van der Waals surface area contributed by atoms with Crippen LogP contribution in [0.3, 0.4) is 0 Å². The van der Waals surface area contributed by atoms with Gasteiger partial charge in [0.2, 0.25) is 0 Å². The van der Waals surface area contributed by atoms with E-state index in [1.165, 1.54) is 5.56 Å². The van der Waals surface area contributed by atoms with Crippen LogP contribution in [0.5, 0.6) is 0 Å². The van der Waals surface area contributed by atoms with E-state index in [9.17, 15) is 9.90 Å². The Morgan fingerprint density at radius 3 is 2.52 bits per heavy atom. The largest absolute Gasteiger partial charge is 0.393 e. The number of hydrogen-bond acceptors (Lipinski definition) is 2. The van der Waals surface area contributed by atoms with Crippen LogP contribution < -0.4 is 10.6 Å². The summed E-state index contributed by atoms with van der Waals surface area (Å²) >= 11 is 0. The van der Waals surface area contributed by atoms with E-state index in [0.29, 0.717) is 12.5 Å². The molecule has 116 valence electrons. The fourth-order valence-electron chi connectivity index (χ4n) is 2.90. The molecule has 1 aliphatic carbocycles. The Morgan fingerprint density at radius 1 is 1.24 bits per heavy atom. The topological polar surface area (TPSA) is 61.4 Å². The van der Waals surface area contributed by atoms with Crippen molar-refractivity contribution in [3.63, 3.8) is 0 Å². The minimum Gasteiger partial charge on any atom is -0.393 e. The molecule has 1 aliphatic rings. The van der Waals surface area contributed by atoms with Crippen LogP contribution in [0.2, 0.25) is 0 Å². The zero-order valence-electron chi connectivity index (χ0n) is 12.7. The molecule has 0 aromatic heterocycles. The molecule has 1 fully saturated rings. The van der Waals surface area contributed by atoms with Gasteiger partial charge in [0, 0.05) is 18.5 Å². The first-order valence-corrected chi connectivity index (χ1v) is 7.96. The summed E-state index contributed by atoms with van der Waals surface area (Å²) in [6, 6.07) is 10.4. The van der Waals surface area contributed by atoms with Gasteiger partial charge in [0.05, 0.1) is 6.10 Å². The summed E-state index contributed by atoms with van der Waals surface area (Å²) in [4.78, 5) is 12.0. The molecule has 1 saturated carbocycles. The summed E-state index contributed by atoms with van der Waals surface area (Å²) in [6.45, 7) is 2.79. The third-order valence-electron chi connectivity index (χ3n) is 4.30. The lowest BCUT2D eigenvalue weighted by atomic mass is 9.93. The number of urea groups is 1. The van der Waals surface area contributed by atoms with Gasteiger partial charge >= 0.3 is 6.03 Å². The van der Waals surface area contributed by atoms with Crippen LogP contribution in [0.25, 0.3) is 0 Å². The highest BCUT2D eigenvalue weighted by atomic mass is 16.3. The Bertz CT molecular complexity index is 428. The maximum Gasteiger partial charge on any atom is 0.315 e. The third-order valence-corrected chi connectivity index (χ3v) is 4.30. The smallest absolute Gasteiger partial charge is 0.315 e. The van der Waals surface area contributed by atoms with Crippen molar-refractivity contribution >= 4 is 6.03 Å². The number of amides is 2. The van der Waals surface area contributed by atoms with E-state index in [4.69, 9.17) is 0 Å². The number of aliphatic hydroxyl groups excluding tert-OH is 1. The second kappa shape index (κ2) is 8.03. The Hall–Kier alpha value is -1.55. The van der Waals surface area contributed by atoms with E-state index in [1.54, 1.807) is 0 Å². The molecular formula is C17H26N2O2. The van der Waals surface area contributed by atoms with Gasteiger partial charge in [-0.05, 0) is 37.7 Å². The van der Waals surface area contributed by atoms with Gasteiger partial charge in [0.25, 0.3) is 0 Å². The number of nitrogens with one attached hydrogen (secondary N) is 2. The fourth-order valence-corrected chi connectivity index (χ4v) is 2.90. The maximum absolute atomic E-state index is 12.0. The average molecular weight is 290 g/mol. The van der Waals surface area contributed by atoms with E-state index in [1.807, 2.05) is 18.2 Å². The normalized spacial score (nSPS) is 23.3. The average Bonchev–Trinajstić information content (AvgIpc) is 2.51. The number of hydrogen-bond donors (Lipinski definition) is 3. The molecule has 2 amide bonds. The molecule has 0 radical (unpaired) electrons. The molecule has 0 saturated heterocycles. The number of aliphatic hydroxyl groups is 1. The SMILES string of the molecule is CCC(CNC(=O)NC1CCC(O)CC1)c1ccccc1. The molecule has 0 bridgehead atoms. The quantitative estimate of drug-likeness (QED) is 0.781. The van der Waals surface area contributed by atoms with Crippen molar-refractivity contribution in [2.24, 2.45) is 0 Å². The lowest BCUT2D eigenvalue weighted by Gasteiger charge is -2.26. The first-order chi connectivity index (χ1) is 10.2. The summed E-state index contributed by atoms with van der Waals surface area (Å²) in [7, 11) is 0. The molecule has 1 aromatic rings. The van der Waals surface area contributed by atoms with Crippen molar-refractivity contribution in [3.05, 3.63) is 35.9 Å². The maximum atomic E-state index is 12.0. The third kappa shape index (κ3) is 5.05. The van der Waals surface area contributed by atoms with Gasteiger partial charge in [0.15, 0.2) is 0 Å². The molecule has 0 spiro atoms. The molecule has 0 aliphatic heterocycles. The predicted octanol–water partition coefficient (Wildman–Crippen LogP) is 2.78. The van der Waals surface area contributed by atoms with Gasteiger partial charge in [-0.2, -0.15) is 0 Å². The van der Waals surface area contributed by atoms with Gasteiger partial charge in [-0.25, -0.2) is 4.79 Å². The van der Waals surface area contributed by atoms with Crippen molar-refractivity contribution in [3.8, 4) is 0 Å². The van der Waals surface area contributed by atoms with Crippen LogP contribution in [0.1, 0.15) is 50.5 Å². The summed E-state index contributed by atoms with van der Waals surface area (Å²) in [5.41, 5.74) is 1.26. The summed E-state index contributed by atoms with van der Waals surface area (Å²) in [5, 5.41) is 15.5. The highest BCUT2D eigenvalue weighted by molar-refractivity contribution is 5.74. The number of rotatable bonds is 5. The van der Waals surface area contributed by atoms with Gasteiger partial charge in [0.1, 0.15) is 0 Å². The molecule has 2 rings (SSSR count). The molecule has 1 unspecified atom stereocenters. The van der Waals surface area contributed by atoms with E-state index >= 15 is 0 Å². The Kier molecular flexibility index (Phi) is 6.05. The minimum absolute atomic E-state index is 0.0919. The number of carbonyl (C=O) groups excluding carboxylic acids is 1. The molecule has 3 N–H and O–H groups in total. The first-order valence-electron chi connectivity index (χ1n) is 7.96. The lowest BCUT2D eigenvalue weighted by Crippen LogP contribution is -2.45. The monoisotopic (exact) mass is 290 g/mol. The molecular weight excluding hydrogens is 264 g/mol. The highest BCUT2D eigenvalue weighted by Crippen LogP contribution is 2.19. The second-order valence-electron chi connectivity index (χ2n) is 5.88. The molecule has 4 nitrogen and oxygen atoms in total. The van der Waals surface area contributed by atoms with Gasteiger partial charge in [-0.3, -0.25) is 0 Å². The Morgan fingerprint density at radius 2 is 1.90 bits per heavy atom. The molecule has 4 heteroatoms. The van der Waals surface area contributed by atoms with Crippen molar-refractivity contribution < 1.29 is 9.90 Å². The zero-order chi connectivity index (χ0) is 15.1. The summed E-state index contributed by atoms with van der Waals surface area (Å²) < 4.78 is 0. The van der Waals surface area contributed by atoms with E-state index in [0.717, 1.165) is 32.1 Å². The van der Waals surface area contributed by atoms with Crippen LogP contribution in [-0.4, -0.2) is 29.8 Å². The van der Waals surface area contributed by atoms with E-state index in [-0.39, 0.29) is 18.2 Å².